The molecule has 1 aromatic rings. The van der Waals surface area contributed by atoms with Crippen LogP contribution in [-0.4, -0.2) is 12.6 Å². The van der Waals surface area contributed by atoms with E-state index in [0.717, 1.165) is 17.6 Å². The molecule has 2 saturated carbocycles. The molecule has 0 aliphatic heterocycles. The minimum Gasteiger partial charge on any atom is -0.313 e. The van der Waals surface area contributed by atoms with E-state index in [1.807, 2.05) is 6.07 Å². The van der Waals surface area contributed by atoms with Crippen LogP contribution in [0.25, 0.3) is 0 Å². The van der Waals surface area contributed by atoms with Crippen LogP contribution in [0.3, 0.4) is 0 Å². The molecule has 2 aliphatic carbocycles. The van der Waals surface area contributed by atoms with Gasteiger partial charge in [0.25, 0.3) is 0 Å². The molecule has 0 saturated heterocycles. The number of benzene rings is 1. The Morgan fingerprint density at radius 3 is 2.69 bits per heavy atom. The molecule has 0 heterocycles. The van der Waals surface area contributed by atoms with Crippen LogP contribution in [0.5, 0.6) is 0 Å². The van der Waals surface area contributed by atoms with Gasteiger partial charge in [-0.3, -0.25) is 0 Å². The number of hydrogen-bond donors (Lipinski definition) is 1. The topological polar surface area (TPSA) is 12.0 Å². The van der Waals surface area contributed by atoms with Gasteiger partial charge in [0, 0.05) is 23.0 Å². The molecule has 2 fully saturated rings. The second kappa shape index (κ2) is 4.05. The van der Waals surface area contributed by atoms with Crippen LogP contribution in [0.2, 0.25) is 5.02 Å². The number of nitrogens with one attached hydrogen (secondary N) is 1. The summed E-state index contributed by atoms with van der Waals surface area (Å²) in [6.07, 6.45) is 6.72. The largest absolute Gasteiger partial charge is 0.313 e. The molecule has 1 nitrogen and oxygen atoms in total. The predicted octanol–water partition coefficient (Wildman–Crippen LogP) is 3.51. The SMILES string of the molecule is Clc1cccc(C2(CNC3CC3)CCC2)c1. The molecule has 2 heteroatoms. The molecule has 1 N–H and O–H groups in total. The summed E-state index contributed by atoms with van der Waals surface area (Å²) in [5.41, 5.74) is 1.81. The van der Waals surface area contributed by atoms with Crippen LogP contribution >= 0.6 is 11.6 Å². The first-order chi connectivity index (χ1) is 7.78. The summed E-state index contributed by atoms with van der Waals surface area (Å²) >= 11 is 6.09. The van der Waals surface area contributed by atoms with E-state index in [0.29, 0.717) is 5.41 Å². The summed E-state index contributed by atoms with van der Waals surface area (Å²) in [5, 5.41) is 4.54. The van der Waals surface area contributed by atoms with Gasteiger partial charge in [0.15, 0.2) is 0 Å². The van der Waals surface area contributed by atoms with E-state index >= 15 is 0 Å². The Morgan fingerprint density at radius 2 is 2.12 bits per heavy atom. The zero-order chi connectivity index (χ0) is 11.0. The molecular formula is C14H18ClN. The molecule has 3 rings (SSSR count). The van der Waals surface area contributed by atoms with Crippen LogP contribution in [0, 0.1) is 0 Å². The fourth-order valence-electron chi connectivity index (χ4n) is 2.62. The van der Waals surface area contributed by atoms with E-state index in [1.165, 1.54) is 37.7 Å². The third-order valence-electron chi connectivity index (χ3n) is 4.05. The molecule has 0 radical (unpaired) electrons. The van der Waals surface area contributed by atoms with Crippen molar-refractivity contribution in [3.05, 3.63) is 34.9 Å². The fraction of sp³-hybridized carbons (Fsp3) is 0.571. The van der Waals surface area contributed by atoms with Crippen LogP contribution in [0.15, 0.2) is 24.3 Å². The lowest BCUT2D eigenvalue weighted by Crippen LogP contribution is -2.44. The Bertz CT molecular complexity index is 380. The Hall–Kier alpha value is -0.530. The zero-order valence-corrected chi connectivity index (χ0v) is 10.3. The third-order valence-corrected chi connectivity index (χ3v) is 4.29. The lowest BCUT2D eigenvalue weighted by atomic mass is 9.64. The van der Waals surface area contributed by atoms with Crippen LogP contribution in [-0.2, 0) is 5.41 Å². The van der Waals surface area contributed by atoms with E-state index in [9.17, 15) is 0 Å². The lowest BCUT2D eigenvalue weighted by Gasteiger charge is -2.43. The summed E-state index contributed by atoms with van der Waals surface area (Å²) in [4.78, 5) is 0. The Labute approximate surface area is 102 Å². The van der Waals surface area contributed by atoms with Gasteiger partial charge >= 0.3 is 0 Å². The fourth-order valence-corrected chi connectivity index (χ4v) is 2.81. The average molecular weight is 236 g/mol. The summed E-state index contributed by atoms with van der Waals surface area (Å²) in [7, 11) is 0. The molecule has 0 bridgehead atoms. The van der Waals surface area contributed by atoms with E-state index in [1.54, 1.807) is 0 Å². The summed E-state index contributed by atoms with van der Waals surface area (Å²) in [6.45, 7) is 1.14. The number of hydrogen-bond acceptors (Lipinski definition) is 1. The van der Waals surface area contributed by atoms with E-state index in [4.69, 9.17) is 11.6 Å². The van der Waals surface area contributed by atoms with Crippen LogP contribution < -0.4 is 5.32 Å². The van der Waals surface area contributed by atoms with Gasteiger partial charge in [0.1, 0.15) is 0 Å². The van der Waals surface area contributed by atoms with Gasteiger partial charge in [-0.25, -0.2) is 0 Å². The number of halogens is 1. The highest BCUT2D eigenvalue weighted by molar-refractivity contribution is 6.30. The standard InChI is InChI=1S/C14H18ClN/c15-12-4-1-3-11(9-12)14(7-2-8-14)10-16-13-5-6-13/h1,3-4,9,13,16H,2,5-8,10H2. The maximum Gasteiger partial charge on any atom is 0.0408 e. The van der Waals surface area contributed by atoms with Gasteiger partial charge < -0.3 is 5.32 Å². The Balaban J connectivity index is 1.77. The Kier molecular flexibility index (Phi) is 2.68. The van der Waals surface area contributed by atoms with Crippen molar-refractivity contribution < 1.29 is 0 Å². The zero-order valence-electron chi connectivity index (χ0n) is 9.51. The highest BCUT2D eigenvalue weighted by atomic mass is 35.5. The Morgan fingerprint density at radius 1 is 1.31 bits per heavy atom. The highest BCUT2D eigenvalue weighted by Crippen LogP contribution is 2.44. The van der Waals surface area contributed by atoms with Gasteiger partial charge in [-0.05, 0) is 43.4 Å². The molecular weight excluding hydrogens is 218 g/mol. The summed E-state index contributed by atoms with van der Waals surface area (Å²) in [6, 6.07) is 9.23. The van der Waals surface area contributed by atoms with Crippen molar-refractivity contribution in [1.82, 2.24) is 5.32 Å². The molecule has 0 atom stereocenters. The van der Waals surface area contributed by atoms with Gasteiger partial charge in [0.2, 0.25) is 0 Å². The van der Waals surface area contributed by atoms with Crippen LogP contribution in [0.1, 0.15) is 37.7 Å². The lowest BCUT2D eigenvalue weighted by molar-refractivity contribution is 0.233. The first-order valence-corrected chi connectivity index (χ1v) is 6.66. The molecule has 0 unspecified atom stereocenters. The number of rotatable bonds is 4. The van der Waals surface area contributed by atoms with Crippen molar-refractivity contribution in [2.24, 2.45) is 0 Å². The monoisotopic (exact) mass is 235 g/mol. The van der Waals surface area contributed by atoms with Crippen molar-refractivity contribution in [2.75, 3.05) is 6.54 Å². The molecule has 0 aromatic heterocycles. The molecule has 16 heavy (non-hydrogen) atoms. The molecule has 2 aliphatic rings. The van der Waals surface area contributed by atoms with Gasteiger partial charge in [-0.2, -0.15) is 0 Å². The van der Waals surface area contributed by atoms with Crippen molar-refractivity contribution in [2.45, 2.75) is 43.6 Å². The first kappa shape index (κ1) is 10.6. The first-order valence-electron chi connectivity index (χ1n) is 6.28. The second-order valence-corrected chi connectivity index (χ2v) is 5.74. The average Bonchev–Trinajstić information content (AvgIpc) is 3.00. The van der Waals surface area contributed by atoms with Crippen molar-refractivity contribution in [1.29, 1.82) is 0 Å². The normalized spacial score (nSPS) is 22.8. The molecule has 0 amide bonds. The maximum absolute atomic E-state index is 6.09. The van der Waals surface area contributed by atoms with E-state index < -0.39 is 0 Å². The summed E-state index contributed by atoms with van der Waals surface area (Å²) in [5.74, 6) is 0. The van der Waals surface area contributed by atoms with Crippen molar-refractivity contribution in [3.8, 4) is 0 Å². The van der Waals surface area contributed by atoms with E-state index in [2.05, 4.69) is 23.5 Å². The minimum absolute atomic E-state index is 0.382. The predicted molar refractivity (Wildman–Crippen MR) is 68.0 cm³/mol. The third kappa shape index (κ3) is 1.99. The smallest absolute Gasteiger partial charge is 0.0408 e. The van der Waals surface area contributed by atoms with Crippen LogP contribution in [0.4, 0.5) is 0 Å². The van der Waals surface area contributed by atoms with Crippen molar-refractivity contribution >= 4 is 11.6 Å². The summed E-state index contributed by atoms with van der Waals surface area (Å²) < 4.78 is 0. The van der Waals surface area contributed by atoms with E-state index in [-0.39, 0.29) is 0 Å². The van der Waals surface area contributed by atoms with Gasteiger partial charge in [-0.15, -0.1) is 0 Å². The van der Waals surface area contributed by atoms with Crippen molar-refractivity contribution in [3.63, 3.8) is 0 Å². The molecule has 0 spiro atoms. The molecule has 1 aromatic carbocycles. The minimum atomic E-state index is 0.382. The van der Waals surface area contributed by atoms with Gasteiger partial charge in [0.05, 0.1) is 0 Å². The van der Waals surface area contributed by atoms with Gasteiger partial charge in [-0.1, -0.05) is 30.2 Å². The maximum atomic E-state index is 6.09. The quantitative estimate of drug-likeness (QED) is 0.842. The molecule has 86 valence electrons. The highest BCUT2D eigenvalue weighted by Gasteiger charge is 2.39. The second-order valence-electron chi connectivity index (χ2n) is 5.30.